The molecule has 2 aliphatic heterocycles. The molecule has 2 saturated heterocycles. The third-order valence-electron chi connectivity index (χ3n) is 5.48. The quantitative estimate of drug-likeness (QED) is 0.846. The number of nitrogens with zero attached hydrogens (tertiary/aromatic N) is 1. The zero-order valence-electron chi connectivity index (χ0n) is 13.4. The van der Waals surface area contributed by atoms with Crippen molar-refractivity contribution in [2.24, 2.45) is 17.8 Å². The molecule has 1 aliphatic carbocycles. The first-order chi connectivity index (χ1) is 10.6. The Morgan fingerprint density at radius 2 is 2.05 bits per heavy atom. The number of piperidine rings is 1. The van der Waals surface area contributed by atoms with E-state index in [2.05, 4.69) is 0 Å². The summed E-state index contributed by atoms with van der Waals surface area (Å²) in [6.45, 7) is 3.32. The lowest BCUT2D eigenvalue weighted by Crippen LogP contribution is -2.54. The van der Waals surface area contributed by atoms with Crippen LogP contribution in [0.5, 0.6) is 0 Å². The highest BCUT2D eigenvalue weighted by atomic mass is 16.5. The maximum absolute atomic E-state index is 12.8. The molecule has 1 N–H and O–H groups in total. The van der Waals surface area contributed by atoms with Crippen molar-refractivity contribution in [1.82, 2.24) is 4.90 Å². The number of ether oxygens (including phenoxy) is 1. The Balaban J connectivity index is 1.68. The summed E-state index contributed by atoms with van der Waals surface area (Å²) in [6, 6.07) is -0.0495. The van der Waals surface area contributed by atoms with Crippen molar-refractivity contribution in [3.8, 4) is 0 Å². The molecule has 5 nitrogen and oxygen atoms in total. The molecule has 124 valence electrons. The summed E-state index contributed by atoms with van der Waals surface area (Å²) in [5.74, 6) is -0.0798. The minimum Gasteiger partial charge on any atom is -0.481 e. The highest BCUT2D eigenvalue weighted by Gasteiger charge is 2.42. The molecule has 3 rings (SSSR count). The van der Waals surface area contributed by atoms with E-state index < -0.39 is 5.97 Å². The summed E-state index contributed by atoms with van der Waals surface area (Å²) >= 11 is 0. The number of carbonyl (C=O) groups is 2. The van der Waals surface area contributed by atoms with Crippen LogP contribution in [0, 0.1) is 17.8 Å². The molecule has 0 aromatic heterocycles. The summed E-state index contributed by atoms with van der Waals surface area (Å²) in [4.78, 5) is 26.1. The van der Waals surface area contributed by atoms with Crippen LogP contribution in [-0.4, -0.2) is 47.2 Å². The summed E-state index contributed by atoms with van der Waals surface area (Å²) < 4.78 is 5.79. The molecule has 3 fully saturated rings. The third kappa shape index (κ3) is 3.45. The van der Waals surface area contributed by atoms with Crippen LogP contribution in [0.3, 0.4) is 0 Å². The van der Waals surface area contributed by atoms with Crippen LogP contribution in [0.1, 0.15) is 51.9 Å². The molecule has 0 aromatic carbocycles. The zero-order chi connectivity index (χ0) is 15.7. The highest BCUT2D eigenvalue weighted by molar-refractivity contribution is 5.79. The lowest BCUT2D eigenvalue weighted by Gasteiger charge is -2.42. The molecular formula is C17H27NO4. The third-order valence-corrected chi connectivity index (χ3v) is 5.48. The van der Waals surface area contributed by atoms with Crippen LogP contribution in [0.2, 0.25) is 0 Å². The first-order valence-electron chi connectivity index (χ1n) is 8.71. The van der Waals surface area contributed by atoms with Gasteiger partial charge < -0.3 is 14.7 Å². The fourth-order valence-electron chi connectivity index (χ4n) is 3.99. The van der Waals surface area contributed by atoms with Crippen molar-refractivity contribution in [3.63, 3.8) is 0 Å². The molecule has 0 spiro atoms. The Hall–Kier alpha value is -1.10. The summed E-state index contributed by atoms with van der Waals surface area (Å²) in [5.41, 5.74) is 0. The second-order valence-electron chi connectivity index (χ2n) is 7.29. The van der Waals surface area contributed by atoms with Crippen molar-refractivity contribution in [2.75, 3.05) is 13.2 Å². The van der Waals surface area contributed by atoms with Gasteiger partial charge in [0.15, 0.2) is 0 Å². The van der Waals surface area contributed by atoms with Gasteiger partial charge in [-0.25, -0.2) is 0 Å². The molecule has 2 heterocycles. The van der Waals surface area contributed by atoms with Crippen LogP contribution >= 0.6 is 0 Å². The van der Waals surface area contributed by atoms with E-state index in [1.807, 2.05) is 11.8 Å². The number of rotatable bonds is 5. The topological polar surface area (TPSA) is 66.8 Å². The average Bonchev–Trinajstić information content (AvgIpc) is 3.15. The van der Waals surface area contributed by atoms with Gasteiger partial charge in [0.05, 0.1) is 18.1 Å². The standard InChI is InChI=1S/C17H27NO4/c1-11(9-12-4-5-12)16(19)18-7-6-13(17(20)21)10-14(18)15-3-2-8-22-15/h11-15H,2-10H2,1H3,(H,20,21). The number of hydrogen-bond acceptors (Lipinski definition) is 3. The van der Waals surface area contributed by atoms with Gasteiger partial charge in [0.1, 0.15) is 0 Å². The fourth-order valence-corrected chi connectivity index (χ4v) is 3.99. The van der Waals surface area contributed by atoms with E-state index in [1.54, 1.807) is 0 Å². The van der Waals surface area contributed by atoms with Crippen LogP contribution in [-0.2, 0) is 14.3 Å². The second-order valence-corrected chi connectivity index (χ2v) is 7.29. The molecule has 5 heteroatoms. The predicted molar refractivity (Wildman–Crippen MR) is 81.3 cm³/mol. The van der Waals surface area contributed by atoms with Crippen molar-refractivity contribution < 1.29 is 19.4 Å². The smallest absolute Gasteiger partial charge is 0.306 e. The molecular weight excluding hydrogens is 282 g/mol. The average molecular weight is 309 g/mol. The predicted octanol–water partition coefficient (Wildman–Crippen LogP) is 2.29. The van der Waals surface area contributed by atoms with E-state index in [1.165, 1.54) is 12.8 Å². The number of carboxylic acid groups (broad SMARTS) is 1. The van der Waals surface area contributed by atoms with E-state index in [4.69, 9.17) is 4.74 Å². The van der Waals surface area contributed by atoms with E-state index in [0.29, 0.717) is 19.4 Å². The molecule has 22 heavy (non-hydrogen) atoms. The van der Waals surface area contributed by atoms with Crippen molar-refractivity contribution in [1.29, 1.82) is 0 Å². The van der Waals surface area contributed by atoms with Gasteiger partial charge in [-0.3, -0.25) is 9.59 Å². The number of likely N-dealkylation sites (tertiary alicyclic amines) is 1. The van der Waals surface area contributed by atoms with Gasteiger partial charge in [-0.2, -0.15) is 0 Å². The van der Waals surface area contributed by atoms with Crippen LogP contribution < -0.4 is 0 Å². The maximum Gasteiger partial charge on any atom is 0.306 e. The Morgan fingerprint density at radius 1 is 1.27 bits per heavy atom. The SMILES string of the molecule is CC(CC1CC1)C(=O)N1CCC(C(=O)O)CC1C1CCCO1. The van der Waals surface area contributed by atoms with E-state index in [0.717, 1.165) is 31.8 Å². The van der Waals surface area contributed by atoms with Gasteiger partial charge in [-0.1, -0.05) is 19.8 Å². The van der Waals surface area contributed by atoms with Gasteiger partial charge >= 0.3 is 5.97 Å². The van der Waals surface area contributed by atoms with Crippen molar-refractivity contribution in [2.45, 2.75) is 64.0 Å². The maximum atomic E-state index is 12.8. The Kier molecular flexibility index (Phi) is 4.71. The van der Waals surface area contributed by atoms with E-state index in [-0.39, 0.29) is 29.9 Å². The lowest BCUT2D eigenvalue weighted by molar-refractivity contribution is -0.152. The van der Waals surface area contributed by atoms with E-state index >= 15 is 0 Å². The Labute approximate surface area is 132 Å². The van der Waals surface area contributed by atoms with Crippen LogP contribution in [0.15, 0.2) is 0 Å². The fraction of sp³-hybridized carbons (Fsp3) is 0.882. The van der Waals surface area contributed by atoms with Gasteiger partial charge in [-0.05, 0) is 38.0 Å². The van der Waals surface area contributed by atoms with Crippen molar-refractivity contribution in [3.05, 3.63) is 0 Å². The summed E-state index contributed by atoms with van der Waals surface area (Å²) in [6.07, 6.45) is 6.59. The van der Waals surface area contributed by atoms with Gasteiger partial charge in [-0.15, -0.1) is 0 Å². The number of carbonyl (C=O) groups excluding carboxylic acids is 1. The van der Waals surface area contributed by atoms with Gasteiger partial charge in [0, 0.05) is 19.1 Å². The number of hydrogen-bond donors (Lipinski definition) is 1. The first-order valence-corrected chi connectivity index (χ1v) is 8.71. The molecule has 0 radical (unpaired) electrons. The number of aliphatic carboxylic acids is 1. The molecule has 1 saturated carbocycles. The monoisotopic (exact) mass is 309 g/mol. The summed E-state index contributed by atoms with van der Waals surface area (Å²) in [5, 5.41) is 9.32. The molecule has 4 atom stereocenters. The van der Waals surface area contributed by atoms with Gasteiger partial charge in [0.2, 0.25) is 5.91 Å². The van der Waals surface area contributed by atoms with E-state index in [9.17, 15) is 14.7 Å². The highest BCUT2D eigenvalue weighted by Crippen LogP contribution is 2.37. The molecule has 0 aromatic rings. The lowest BCUT2D eigenvalue weighted by atomic mass is 9.86. The molecule has 0 bridgehead atoms. The minimum absolute atomic E-state index is 0.0271. The zero-order valence-corrected chi connectivity index (χ0v) is 13.4. The normalized spacial score (nSPS) is 33.7. The number of carboxylic acids is 1. The summed E-state index contributed by atoms with van der Waals surface area (Å²) in [7, 11) is 0. The molecule has 3 aliphatic rings. The minimum atomic E-state index is -0.735. The van der Waals surface area contributed by atoms with Crippen LogP contribution in [0.4, 0.5) is 0 Å². The molecule has 4 unspecified atom stereocenters. The first kappa shape index (κ1) is 15.8. The molecule has 1 amide bonds. The number of amides is 1. The largest absolute Gasteiger partial charge is 0.481 e. The van der Waals surface area contributed by atoms with Crippen molar-refractivity contribution >= 4 is 11.9 Å². The second kappa shape index (κ2) is 6.57. The van der Waals surface area contributed by atoms with Gasteiger partial charge in [0.25, 0.3) is 0 Å². The Bertz CT molecular complexity index is 428. The van der Waals surface area contributed by atoms with Crippen LogP contribution in [0.25, 0.3) is 0 Å². The Morgan fingerprint density at radius 3 is 2.64 bits per heavy atom.